The van der Waals surface area contributed by atoms with E-state index in [1.807, 2.05) is 32.0 Å². The molecule has 0 aliphatic carbocycles. The van der Waals surface area contributed by atoms with Gasteiger partial charge in [-0.15, -0.1) is 0 Å². The van der Waals surface area contributed by atoms with Gasteiger partial charge in [0.25, 0.3) is 0 Å². The Morgan fingerprint density at radius 1 is 1.03 bits per heavy atom. The summed E-state index contributed by atoms with van der Waals surface area (Å²) in [5.41, 5.74) is 1.61. The number of likely N-dealkylation sites (N-methyl/N-ethyl adjacent to an activating group) is 1. The second-order valence-electron chi connectivity index (χ2n) is 6.12. The van der Waals surface area contributed by atoms with Gasteiger partial charge >= 0.3 is 6.61 Å². The summed E-state index contributed by atoms with van der Waals surface area (Å²) in [6, 6.07) is 11.7. The van der Waals surface area contributed by atoms with Gasteiger partial charge in [0.2, 0.25) is 5.91 Å². The standard InChI is InChI=1S/C22H25F2NO4/c1-4-27-19-12-8-16(14-20(19)28-5-2)9-13-21(26)25(3)15-17-6-10-18(11-7-17)29-22(23)24/h6-14,22H,4-5,15H2,1-3H3/b13-9+. The summed E-state index contributed by atoms with van der Waals surface area (Å²) in [4.78, 5) is 13.9. The van der Waals surface area contributed by atoms with Crippen LogP contribution in [0.1, 0.15) is 25.0 Å². The Hall–Kier alpha value is -3.09. The van der Waals surface area contributed by atoms with Crippen LogP contribution in [0.5, 0.6) is 17.2 Å². The molecule has 0 aromatic heterocycles. The first-order chi connectivity index (χ1) is 13.9. The van der Waals surface area contributed by atoms with Gasteiger partial charge in [0, 0.05) is 19.7 Å². The number of benzene rings is 2. The van der Waals surface area contributed by atoms with Crippen LogP contribution in [0.15, 0.2) is 48.5 Å². The van der Waals surface area contributed by atoms with Crippen molar-refractivity contribution in [2.24, 2.45) is 0 Å². The zero-order valence-electron chi connectivity index (χ0n) is 16.7. The number of carbonyl (C=O) groups is 1. The van der Waals surface area contributed by atoms with Gasteiger partial charge in [-0.1, -0.05) is 18.2 Å². The Morgan fingerprint density at radius 2 is 1.69 bits per heavy atom. The van der Waals surface area contributed by atoms with Crippen molar-refractivity contribution in [3.63, 3.8) is 0 Å². The first kappa shape index (κ1) is 22.2. The smallest absolute Gasteiger partial charge is 0.387 e. The third kappa shape index (κ3) is 7.10. The quantitative estimate of drug-likeness (QED) is 0.535. The lowest BCUT2D eigenvalue weighted by Crippen LogP contribution is -2.24. The normalized spacial score (nSPS) is 11.0. The van der Waals surface area contributed by atoms with Crippen molar-refractivity contribution < 1.29 is 27.8 Å². The van der Waals surface area contributed by atoms with E-state index in [1.54, 1.807) is 25.3 Å². The van der Waals surface area contributed by atoms with Crippen molar-refractivity contribution in [3.05, 3.63) is 59.7 Å². The van der Waals surface area contributed by atoms with Gasteiger partial charge in [-0.25, -0.2) is 0 Å². The molecule has 0 N–H and O–H groups in total. The highest BCUT2D eigenvalue weighted by atomic mass is 19.3. The second kappa shape index (κ2) is 11.0. The van der Waals surface area contributed by atoms with E-state index < -0.39 is 6.61 Å². The van der Waals surface area contributed by atoms with Crippen molar-refractivity contribution in [3.8, 4) is 17.2 Å². The van der Waals surface area contributed by atoms with E-state index in [9.17, 15) is 13.6 Å². The molecule has 2 aromatic carbocycles. The summed E-state index contributed by atoms with van der Waals surface area (Å²) >= 11 is 0. The zero-order valence-corrected chi connectivity index (χ0v) is 16.7. The maximum Gasteiger partial charge on any atom is 0.387 e. The number of alkyl halides is 2. The van der Waals surface area contributed by atoms with Gasteiger partial charge in [-0.2, -0.15) is 8.78 Å². The van der Waals surface area contributed by atoms with Gasteiger partial charge in [0.05, 0.1) is 13.2 Å². The SMILES string of the molecule is CCOc1ccc(/C=C/C(=O)N(C)Cc2ccc(OC(F)F)cc2)cc1OCC. The highest BCUT2D eigenvalue weighted by molar-refractivity contribution is 5.91. The summed E-state index contributed by atoms with van der Waals surface area (Å²) in [5.74, 6) is 1.18. The highest BCUT2D eigenvalue weighted by Crippen LogP contribution is 2.29. The van der Waals surface area contributed by atoms with Crippen LogP contribution in [-0.4, -0.2) is 37.7 Å². The molecule has 0 atom stereocenters. The molecule has 0 heterocycles. The molecule has 0 saturated carbocycles. The molecular formula is C22H25F2NO4. The molecule has 0 radical (unpaired) electrons. The van der Waals surface area contributed by atoms with Crippen LogP contribution in [0, 0.1) is 0 Å². The first-order valence-electron chi connectivity index (χ1n) is 9.29. The summed E-state index contributed by atoms with van der Waals surface area (Å²) in [5, 5.41) is 0. The molecular weight excluding hydrogens is 380 g/mol. The highest BCUT2D eigenvalue weighted by Gasteiger charge is 2.09. The molecule has 0 spiro atoms. The maximum atomic E-state index is 12.4. The molecule has 0 unspecified atom stereocenters. The summed E-state index contributed by atoms with van der Waals surface area (Å²) in [7, 11) is 1.67. The average molecular weight is 405 g/mol. The number of amides is 1. The molecule has 7 heteroatoms. The predicted octanol–water partition coefficient (Wildman–Crippen LogP) is 4.76. The summed E-state index contributed by atoms with van der Waals surface area (Å²) in [6.45, 7) is 2.32. The minimum absolute atomic E-state index is 0.0817. The second-order valence-corrected chi connectivity index (χ2v) is 6.12. The Bertz CT molecular complexity index is 822. The number of halogens is 2. The van der Waals surface area contributed by atoms with E-state index >= 15 is 0 Å². The molecule has 2 rings (SSSR count). The molecule has 0 saturated heterocycles. The molecule has 5 nitrogen and oxygen atoms in total. The molecule has 0 fully saturated rings. The zero-order chi connectivity index (χ0) is 21.2. The minimum Gasteiger partial charge on any atom is -0.490 e. The van der Waals surface area contributed by atoms with Crippen molar-refractivity contribution >= 4 is 12.0 Å². The number of ether oxygens (including phenoxy) is 3. The Labute approximate surface area is 169 Å². The van der Waals surface area contributed by atoms with Gasteiger partial charge < -0.3 is 19.1 Å². The monoisotopic (exact) mass is 405 g/mol. The molecule has 0 bridgehead atoms. The number of hydrogen-bond donors (Lipinski definition) is 0. The number of rotatable bonds is 10. The summed E-state index contributed by atoms with van der Waals surface area (Å²) in [6.07, 6.45) is 3.18. The van der Waals surface area contributed by atoms with E-state index in [4.69, 9.17) is 9.47 Å². The van der Waals surface area contributed by atoms with Gasteiger partial charge in [-0.3, -0.25) is 4.79 Å². The molecule has 156 valence electrons. The molecule has 29 heavy (non-hydrogen) atoms. The van der Waals surface area contributed by atoms with E-state index in [0.717, 1.165) is 11.1 Å². The number of carbonyl (C=O) groups excluding carboxylic acids is 1. The van der Waals surface area contributed by atoms with Gasteiger partial charge in [0.1, 0.15) is 5.75 Å². The number of nitrogens with zero attached hydrogens (tertiary/aromatic N) is 1. The number of hydrogen-bond acceptors (Lipinski definition) is 4. The summed E-state index contributed by atoms with van der Waals surface area (Å²) < 4.78 is 39.8. The molecule has 0 aliphatic heterocycles. The molecule has 0 aliphatic rings. The average Bonchev–Trinajstić information content (AvgIpc) is 2.69. The van der Waals surface area contributed by atoms with Crippen molar-refractivity contribution in [2.75, 3.05) is 20.3 Å². The third-order valence-electron chi connectivity index (χ3n) is 3.93. The Kier molecular flexibility index (Phi) is 8.45. The van der Waals surface area contributed by atoms with Gasteiger partial charge in [0.15, 0.2) is 11.5 Å². The van der Waals surface area contributed by atoms with E-state index in [-0.39, 0.29) is 11.7 Å². The van der Waals surface area contributed by atoms with Crippen LogP contribution in [0.25, 0.3) is 6.08 Å². The van der Waals surface area contributed by atoms with Crippen LogP contribution in [-0.2, 0) is 11.3 Å². The van der Waals surface area contributed by atoms with Crippen LogP contribution < -0.4 is 14.2 Å². The van der Waals surface area contributed by atoms with Crippen LogP contribution >= 0.6 is 0 Å². The van der Waals surface area contributed by atoms with Gasteiger partial charge in [-0.05, 0) is 55.3 Å². The lowest BCUT2D eigenvalue weighted by molar-refractivity contribution is -0.125. The third-order valence-corrected chi connectivity index (χ3v) is 3.93. The van der Waals surface area contributed by atoms with E-state index in [2.05, 4.69) is 4.74 Å². The fourth-order valence-electron chi connectivity index (χ4n) is 2.59. The molecule has 2 aromatic rings. The lowest BCUT2D eigenvalue weighted by atomic mass is 10.1. The predicted molar refractivity (Wildman–Crippen MR) is 107 cm³/mol. The topological polar surface area (TPSA) is 48.0 Å². The first-order valence-corrected chi connectivity index (χ1v) is 9.29. The fourth-order valence-corrected chi connectivity index (χ4v) is 2.59. The molecule has 1 amide bonds. The van der Waals surface area contributed by atoms with E-state index in [1.165, 1.54) is 23.1 Å². The Morgan fingerprint density at radius 3 is 2.31 bits per heavy atom. The largest absolute Gasteiger partial charge is 0.490 e. The van der Waals surface area contributed by atoms with Crippen LogP contribution in [0.4, 0.5) is 8.78 Å². The Balaban J connectivity index is 1.99. The maximum absolute atomic E-state index is 12.4. The van der Waals surface area contributed by atoms with Crippen LogP contribution in [0.2, 0.25) is 0 Å². The minimum atomic E-state index is -2.86. The van der Waals surface area contributed by atoms with Crippen LogP contribution in [0.3, 0.4) is 0 Å². The van der Waals surface area contributed by atoms with E-state index in [0.29, 0.717) is 31.3 Å². The fraction of sp³-hybridized carbons (Fsp3) is 0.318. The van der Waals surface area contributed by atoms with Crippen molar-refractivity contribution in [2.45, 2.75) is 27.0 Å². The van der Waals surface area contributed by atoms with Crippen molar-refractivity contribution in [1.82, 2.24) is 4.90 Å². The lowest BCUT2D eigenvalue weighted by Gasteiger charge is -2.15. The van der Waals surface area contributed by atoms with Crippen molar-refractivity contribution in [1.29, 1.82) is 0 Å².